The van der Waals surface area contributed by atoms with Crippen molar-refractivity contribution in [1.82, 2.24) is 5.16 Å². The summed E-state index contributed by atoms with van der Waals surface area (Å²) in [6.45, 7) is 3.77. The molecule has 0 bridgehead atoms. The normalized spacial score (nSPS) is 11.4. The van der Waals surface area contributed by atoms with Crippen molar-refractivity contribution in [3.05, 3.63) is 90.2 Å². The molecular weight excluding hydrogens is 491 g/mol. The van der Waals surface area contributed by atoms with Gasteiger partial charge in [-0.3, -0.25) is 4.57 Å². The summed E-state index contributed by atoms with van der Waals surface area (Å²) in [6, 6.07) is 24.8. The summed E-state index contributed by atoms with van der Waals surface area (Å²) in [5.41, 5.74) is 5.34. The van der Waals surface area contributed by atoms with Crippen LogP contribution in [0.1, 0.15) is 18.2 Å². The van der Waals surface area contributed by atoms with Gasteiger partial charge in [0.2, 0.25) is 0 Å². The summed E-state index contributed by atoms with van der Waals surface area (Å²) in [6.07, 6.45) is -0.309. The van der Waals surface area contributed by atoms with Gasteiger partial charge in [0.15, 0.2) is 5.76 Å². The molecule has 0 aliphatic heterocycles. The summed E-state index contributed by atoms with van der Waals surface area (Å²) in [5, 5.41) is 4.26. The van der Waals surface area contributed by atoms with Crippen LogP contribution in [0, 0.1) is 6.92 Å². The summed E-state index contributed by atoms with van der Waals surface area (Å²) in [4.78, 5) is 14.5. The zero-order valence-electron chi connectivity index (χ0n) is 21.2. The van der Waals surface area contributed by atoms with Crippen LogP contribution in [-0.2, 0) is 24.5 Å². The third-order valence-corrected chi connectivity index (χ3v) is 7.76. The lowest BCUT2D eigenvalue weighted by Gasteiger charge is -2.22. The van der Waals surface area contributed by atoms with Crippen molar-refractivity contribution in [2.24, 2.45) is 0 Å². The molecule has 8 nitrogen and oxygen atoms in total. The molecule has 9 heteroatoms. The van der Waals surface area contributed by atoms with Gasteiger partial charge >= 0.3 is 13.7 Å². The molecule has 4 aromatic rings. The van der Waals surface area contributed by atoms with Crippen LogP contribution in [0.4, 0.5) is 16.2 Å². The van der Waals surface area contributed by atoms with Crippen LogP contribution in [0.5, 0.6) is 0 Å². The fraction of sp³-hybridized carbons (Fsp3) is 0.214. The number of hydrogen-bond acceptors (Lipinski definition) is 7. The van der Waals surface area contributed by atoms with E-state index in [9.17, 15) is 9.36 Å². The standard InChI is InChI=1S/C28H29N2O6P/c1-5-35-28(31)30(25-9-7-6-8-10-25)27-20(2)36-29-26(27)24-17-15-23(16-18-24)22-13-11-21(12-14-22)19-37(32,33-3)34-4/h6-18H,5,19H2,1-4H3. The topological polar surface area (TPSA) is 91.1 Å². The highest BCUT2D eigenvalue weighted by molar-refractivity contribution is 7.52. The number of carbonyl (C=O) groups excluding carboxylic acids is 1. The van der Waals surface area contributed by atoms with Crippen molar-refractivity contribution >= 4 is 25.1 Å². The molecule has 0 N–H and O–H groups in total. The van der Waals surface area contributed by atoms with Gasteiger partial charge in [-0.25, -0.2) is 9.69 Å². The predicted octanol–water partition coefficient (Wildman–Crippen LogP) is 7.60. The number of nitrogens with zero attached hydrogens (tertiary/aromatic N) is 2. The van der Waals surface area contributed by atoms with Crippen molar-refractivity contribution in [2.45, 2.75) is 20.0 Å². The maximum Gasteiger partial charge on any atom is 0.419 e. The van der Waals surface area contributed by atoms with E-state index < -0.39 is 13.7 Å². The fourth-order valence-electron chi connectivity index (χ4n) is 3.96. The van der Waals surface area contributed by atoms with E-state index in [1.807, 2.05) is 78.9 Å². The molecule has 1 amide bonds. The number of ether oxygens (including phenoxy) is 1. The largest absolute Gasteiger partial charge is 0.449 e. The van der Waals surface area contributed by atoms with E-state index in [2.05, 4.69) is 5.16 Å². The average Bonchev–Trinajstić information content (AvgIpc) is 3.31. The summed E-state index contributed by atoms with van der Waals surface area (Å²) < 4.78 is 33.3. The van der Waals surface area contributed by atoms with Crippen LogP contribution >= 0.6 is 7.60 Å². The van der Waals surface area contributed by atoms with Crippen LogP contribution < -0.4 is 4.90 Å². The van der Waals surface area contributed by atoms with E-state index in [1.165, 1.54) is 19.1 Å². The smallest absolute Gasteiger partial charge is 0.419 e. The second-order valence-electron chi connectivity index (χ2n) is 8.21. The summed E-state index contributed by atoms with van der Waals surface area (Å²) in [5.74, 6) is 0.496. The van der Waals surface area contributed by atoms with E-state index in [-0.39, 0.29) is 12.8 Å². The molecule has 0 saturated heterocycles. The second-order valence-corrected chi connectivity index (χ2v) is 10.5. The summed E-state index contributed by atoms with van der Waals surface area (Å²) >= 11 is 0. The molecule has 0 aliphatic rings. The Bertz CT molecular complexity index is 1380. The van der Waals surface area contributed by atoms with E-state index in [1.54, 1.807) is 13.8 Å². The maximum absolute atomic E-state index is 13.0. The lowest BCUT2D eigenvalue weighted by Crippen LogP contribution is -2.27. The van der Waals surface area contributed by atoms with Gasteiger partial charge in [0.25, 0.3) is 0 Å². The molecule has 4 rings (SSSR count). The molecule has 0 radical (unpaired) electrons. The molecule has 1 heterocycles. The number of carbonyl (C=O) groups is 1. The van der Waals surface area contributed by atoms with Gasteiger partial charge in [0.05, 0.1) is 18.5 Å². The third kappa shape index (κ3) is 5.83. The Morgan fingerprint density at radius 2 is 1.46 bits per heavy atom. The fourth-order valence-corrected chi connectivity index (χ4v) is 5.03. The monoisotopic (exact) mass is 520 g/mol. The average molecular weight is 521 g/mol. The van der Waals surface area contributed by atoms with Crippen LogP contribution in [0.2, 0.25) is 0 Å². The van der Waals surface area contributed by atoms with Crippen molar-refractivity contribution < 1.29 is 27.7 Å². The number of benzene rings is 3. The summed E-state index contributed by atoms with van der Waals surface area (Å²) in [7, 11) is -0.363. The van der Waals surface area contributed by atoms with Gasteiger partial charge in [-0.15, -0.1) is 0 Å². The minimum atomic E-state index is -3.13. The van der Waals surface area contributed by atoms with Crippen LogP contribution in [0.3, 0.4) is 0 Å². The van der Waals surface area contributed by atoms with Crippen molar-refractivity contribution in [3.63, 3.8) is 0 Å². The second kappa shape index (κ2) is 11.6. The molecule has 0 unspecified atom stereocenters. The van der Waals surface area contributed by atoms with Gasteiger partial charge in [0, 0.05) is 19.8 Å². The molecule has 0 atom stereocenters. The molecule has 0 spiro atoms. The molecule has 0 fully saturated rings. The number of rotatable bonds is 9. The quantitative estimate of drug-likeness (QED) is 0.210. The Balaban J connectivity index is 1.64. The first-order chi connectivity index (χ1) is 17.9. The first kappa shape index (κ1) is 26.4. The van der Waals surface area contributed by atoms with E-state index in [0.29, 0.717) is 22.8 Å². The number of aryl methyl sites for hydroxylation is 1. The van der Waals surface area contributed by atoms with Gasteiger partial charge in [0.1, 0.15) is 11.4 Å². The van der Waals surface area contributed by atoms with Crippen LogP contribution in [0.25, 0.3) is 22.4 Å². The molecule has 192 valence electrons. The number of anilines is 2. The highest BCUT2D eigenvalue weighted by Gasteiger charge is 2.28. The molecule has 0 saturated carbocycles. The Morgan fingerprint density at radius 3 is 2.03 bits per heavy atom. The molecule has 0 aliphatic carbocycles. The Morgan fingerprint density at radius 1 is 0.892 bits per heavy atom. The minimum Gasteiger partial charge on any atom is -0.449 e. The number of amides is 1. The Hall–Kier alpha value is -3.71. The van der Waals surface area contributed by atoms with Crippen molar-refractivity contribution in [3.8, 4) is 22.4 Å². The lowest BCUT2D eigenvalue weighted by molar-refractivity contribution is 0.162. The molecular formula is C28H29N2O6P. The number of aromatic nitrogens is 1. The zero-order chi connectivity index (χ0) is 26.4. The van der Waals surface area contributed by atoms with Gasteiger partial charge in [-0.05, 0) is 42.7 Å². The van der Waals surface area contributed by atoms with Crippen LogP contribution in [0.15, 0.2) is 83.4 Å². The Kier molecular flexibility index (Phi) is 8.24. The van der Waals surface area contributed by atoms with Gasteiger partial charge < -0.3 is 18.3 Å². The van der Waals surface area contributed by atoms with Crippen LogP contribution in [-0.4, -0.2) is 32.1 Å². The molecule has 1 aromatic heterocycles. The first-order valence-electron chi connectivity index (χ1n) is 11.8. The Labute approximate surface area is 216 Å². The maximum atomic E-state index is 13.0. The van der Waals surface area contributed by atoms with Gasteiger partial charge in [-0.1, -0.05) is 71.9 Å². The SMILES string of the molecule is CCOC(=O)N(c1ccccc1)c1c(-c2ccc(-c3ccc(CP(=O)(OC)OC)cc3)cc2)noc1C. The zero-order valence-corrected chi connectivity index (χ0v) is 22.1. The van der Waals surface area contributed by atoms with Crippen molar-refractivity contribution in [2.75, 3.05) is 25.7 Å². The third-order valence-electron chi connectivity index (χ3n) is 5.90. The highest BCUT2D eigenvalue weighted by Crippen LogP contribution is 2.49. The molecule has 37 heavy (non-hydrogen) atoms. The number of hydrogen-bond donors (Lipinski definition) is 0. The van der Waals surface area contributed by atoms with Gasteiger partial charge in [-0.2, -0.15) is 0 Å². The molecule has 3 aromatic carbocycles. The number of para-hydroxylation sites is 1. The minimum absolute atomic E-state index is 0.200. The predicted molar refractivity (Wildman–Crippen MR) is 143 cm³/mol. The van der Waals surface area contributed by atoms with Crippen molar-refractivity contribution in [1.29, 1.82) is 0 Å². The lowest BCUT2D eigenvalue weighted by atomic mass is 10.0. The first-order valence-corrected chi connectivity index (χ1v) is 13.5. The van der Waals surface area contributed by atoms with E-state index in [4.69, 9.17) is 18.3 Å². The van der Waals surface area contributed by atoms with E-state index >= 15 is 0 Å². The van der Waals surface area contributed by atoms with E-state index in [0.717, 1.165) is 22.3 Å². The highest BCUT2D eigenvalue weighted by atomic mass is 31.2.